The minimum absolute atomic E-state index is 0.473. The fraction of sp³-hybridized carbons (Fsp3) is 0.0417. The van der Waals surface area contributed by atoms with Gasteiger partial charge in [-0.05, 0) is 47.1 Å². The summed E-state index contributed by atoms with van der Waals surface area (Å²) < 4.78 is 11.9. The van der Waals surface area contributed by atoms with Gasteiger partial charge in [0, 0.05) is 11.1 Å². The van der Waals surface area contributed by atoms with E-state index in [1.807, 2.05) is 60.7 Å². The Balaban J connectivity index is 1.97. The first kappa shape index (κ1) is 17.3. The van der Waals surface area contributed by atoms with Crippen molar-refractivity contribution in [3.8, 4) is 39.3 Å². The molecule has 0 unspecified atom stereocenters. The van der Waals surface area contributed by atoms with E-state index in [2.05, 4.69) is 30.3 Å². The van der Waals surface area contributed by atoms with E-state index in [4.69, 9.17) is 21.4 Å². The molecule has 132 valence electrons. The predicted molar refractivity (Wildman–Crippen MR) is 112 cm³/mol. The molecule has 0 spiro atoms. The normalized spacial score (nSPS) is 10.6. The second-order valence-electron chi connectivity index (χ2n) is 6.15. The van der Waals surface area contributed by atoms with Crippen molar-refractivity contribution in [1.29, 1.82) is 0 Å². The van der Waals surface area contributed by atoms with Gasteiger partial charge < -0.3 is 9.15 Å². The van der Waals surface area contributed by atoms with Crippen LogP contribution in [0.5, 0.6) is 5.75 Å². The Morgan fingerprint density at radius 1 is 0.704 bits per heavy atom. The highest BCUT2D eigenvalue weighted by Crippen LogP contribution is 2.37. The van der Waals surface area contributed by atoms with Crippen LogP contribution in [0.1, 0.15) is 0 Å². The van der Waals surface area contributed by atoms with Gasteiger partial charge in [-0.15, -0.1) is 0 Å². The second kappa shape index (κ2) is 7.60. The van der Waals surface area contributed by atoms with Gasteiger partial charge in [-0.25, -0.2) is 0 Å². The molecule has 0 amide bonds. The average molecular weight is 370 g/mol. The lowest BCUT2D eigenvalue weighted by atomic mass is 9.95. The lowest BCUT2D eigenvalue weighted by Gasteiger charge is -2.13. The van der Waals surface area contributed by atoms with Gasteiger partial charge in [-0.1, -0.05) is 72.8 Å². The lowest BCUT2D eigenvalue weighted by molar-refractivity contribution is 0.414. The van der Waals surface area contributed by atoms with Crippen LogP contribution in [0.2, 0.25) is 0 Å². The number of rotatable bonds is 4. The van der Waals surface area contributed by atoms with E-state index >= 15 is 0 Å². The average Bonchev–Trinajstić information content (AvgIpc) is 2.74. The summed E-state index contributed by atoms with van der Waals surface area (Å²) in [6.45, 7) is 0. The van der Waals surface area contributed by atoms with Gasteiger partial charge in [0.15, 0.2) is 4.71 Å². The predicted octanol–water partition coefficient (Wildman–Crippen LogP) is 7.02. The van der Waals surface area contributed by atoms with E-state index < -0.39 is 0 Å². The SMILES string of the molecule is COc1cccc(-c2cc(-c3ccccc3)c(-c3ccccc3)c(=S)o2)c1. The first-order chi connectivity index (χ1) is 13.3. The third-order valence-corrected chi connectivity index (χ3v) is 4.74. The fourth-order valence-electron chi connectivity index (χ4n) is 3.14. The number of hydrogen-bond donors (Lipinski definition) is 0. The molecule has 0 saturated heterocycles. The molecule has 1 heterocycles. The number of methoxy groups -OCH3 is 1. The summed E-state index contributed by atoms with van der Waals surface area (Å²) in [5.41, 5.74) is 5.06. The number of benzene rings is 3. The summed E-state index contributed by atoms with van der Waals surface area (Å²) in [4.78, 5) is 0. The largest absolute Gasteiger partial charge is 0.497 e. The van der Waals surface area contributed by atoms with Gasteiger partial charge >= 0.3 is 0 Å². The quantitative estimate of drug-likeness (QED) is 0.360. The third kappa shape index (κ3) is 3.55. The van der Waals surface area contributed by atoms with Crippen LogP contribution in [-0.4, -0.2) is 7.11 Å². The van der Waals surface area contributed by atoms with Gasteiger partial charge in [0.1, 0.15) is 11.5 Å². The summed E-state index contributed by atoms with van der Waals surface area (Å²) in [5.74, 6) is 1.50. The standard InChI is InChI=1S/C24H18O2S/c1-25-20-14-8-13-19(15-20)22-16-21(17-9-4-2-5-10-17)23(24(27)26-22)18-11-6-3-7-12-18/h2-16H,1H3. The molecule has 0 N–H and O–H groups in total. The van der Waals surface area contributed by atoms with E-state index in [0.29, 0.717) is 4.71 Å². The smallest absolute Gasteiger partial charge is 0.199 e. The molecule has 1 aromatic heterocycles. The monoisotopic (exact) mass is 370 g/mol. The molecule has 2 nitrogen and oxygen atoms in total. The van der Waals surface area contributed by atoms with Gasteiger partial charge in [-0.2, -0.15) is 0 Å². The molecule has 4 aromatic rings. The molecule has 0 radical (unpaired) electrons. The summed E-state index contributed by atoms with van der Waals surface area (Å²) in [5, 5.41) is 0. The second-order valence-corrected chi connectivity index (χ2v) is 6.52. The molecule has 0 atom stereocenters. The molecule has 0 saturated carbocycles. The third-order valence-electron chi connectivity index (χ3n) is 4.45. The molecule has 4 rings (SSSR count). The van der Waals surface area contributed by atoms with Gasteiger partial charge in [0.2, 0.25) is 0 Å². The Morgan fingerprint density at radius 2 is 1.33 bits per heavy atom. The molecular formula is C24H18O2S. The van der Waals surface area contributed by atoms with Gasteiger partial charge in [0.25, 0.3) is 0 Å². The molecule has 0 aliphatic heterocycles. The lowest BCUT2D eigenvalue weighted by Crippen LogP contribution is -1.90. The Bertz CT molecular complexity index is 1120. The Morgan fingerprint density at radius 3 is 2.00 bits per heavy atom. The van der Waals surface area contributed by atoms with E-state index in [1.165, 1.54) is 0 Å². The zero-order valence-electron chi connectivity index (χ0n) is 14.9. The van der Waals surface area contributed by atoms with Crippen LogP contribution in [0.3, 0.4) is 0 Å². The molecule has 0 aliphatic carbocycles. The van der Waals surface area contributed by atoms with E-state index in [-0.39, 0.29) is 0 Å². The van der Waals surface area contributed by atoms with Crippen LogP contribution < -0.4 is 4.74 Å². The van der Waals surface area contributed by atoms with Crippen LogP contribution in [0.25, 0.3) is 33.6 Å². The van der Waals surface area contributed by atoms with E-state index in [9.17, 15) is 0 Å². The molecule has 3 heteroatoms. The summed E-state index contributed by atoms with van der Waals surface area (Å²) in [6.07, 6.45) is 0. The molecule has 0 bridgehead atoms. The molecule has 0 aliphatic rings. The van der Waals surface area contributed by atoms with E-state index in [1.54, 1.807) is 7.11 Å². The Kier molecular flexibility index (Phi) is 4.86. The highest BCUT2D eigenvalue weighted by molar-refractivity contribution is 7.71. The Hall–Kier alpha value is -3.17. The van der Waals surface area contributed by atoms with E-state index in [0.717, 1.165) is 39.3 Å². The topological polar surface area (TPSA) is 22.4 Å². The van der Waals surface area contributed by atoms with Crippen molar-refractivity contribution in [1.82, 2.24) is 0 Å². The highest BCUT2D eigenvalue weighted by Gasteiger charge is 2.14. The molecule has 0 fully saturated rings. The number of hydrogen-bond acceptors (Lipinski definition) is 3. The maximum absolute atomic E-state index is 6.07. The Labute approximate surface area is 163 Å². The first-order valence-corrected chi connectivity index (χ1v) is 9.10. The van der Waals surface area contributed by atoms with Crippen molar-refractivity contribution in [3.63, 3.8) is 0 Å². The minimum Gasteiger partial charge on any atom is -0.497 e. The minimum atomic E-state index is 0.473. The molecular weight excluding hydrogens is 352 g/mol. The molecule has 3 aromatic carbocycles. The summed E-state index contributed by atoms with van der Waals surface area (Å²) in [7, 11) is 1.66. The van der Waals surface area contributed by atoms with Crippen LogP contribution in [0, 0.1) is 4.71 Å². The van der Waals surface area contributed by atoms with Crippen molar-refractivity contribution in [2.75, 3.05) is 7.11 Å². The van der Waals surface area contributed by atoms with Crippen LogP contribution >= 0.6 is 12.2 Å². The first-order valence-electron chi connectivity index (χ1n) is 8.69. The summed E-state index contributed by atoms with van der Waals surface area (Å²) in [6, 6.07) is 30.2. The van der Waals surface area contributed by atoms with Gasteiger partial charge in [-0.3, -0.25) is 0 Å². The zero-order chi connectivity index (χ0) is 18.6. The van der Waals surface area contributed by atoms with Crippen molar-refractivity contribution in [2.45, 2.75) is 0 Å². The fourth-order valence-corrected chi connectivity index (χ4v) is 3.45. The molecule has 27 heavy (non-hydrogen) atoms. The summed E-state index contributed by atoms with van der Waals surface area (Å²) >= 11 is 5.67. The maximum Gasteiger partial charge on any atom is 0.199 e. The highest BCUT2D eigenvalue weighted by atomic mass is 32.1. The van der Waals surface area contributed by atoms with Crippen molar-refractivity contribution in [3.05, 3.63) is 95.7 Å². The van der Waals surface area contributed by atoms with Gasteiger partial charge in [0.05, 0.1) is 7.11 Å². The maximum atomic E-state index is 6.07. The number of ether oxygens (including phenoxy) is 1. The zero-order valence-corrected chi connectivity index (χ0v) is 15.7. The van der Waals surface area contributed by atoms with Crippen LogP contribution in [0.4, 0.5) is 0 Å². The van der Waals surface area contributed by atoms with Crippen LogP contribution in [0.15, 0.2) is 95.4 Å². The van der Waals surface area contributed by atoms with Crippen LogP contribution in [-0.2, 0) is 0 Å². The van der Waals surface area contributed by atoms with Crippen molar-refractivity contribution < 1.29 is 9.15 Å². The van der Waals surface area contributed by atoms with Crippen molar-refractivity contribution >= 4 is 12.2 Å². The van der Waals surface area contributed by atoms with Crippen molar-refractivity contribution in [2.24, 2.45) is 0 Å².